The fraction of sp³-hybridized carbons (Fsp3) is 0.429. The van der Waals surface area contributed by atoms with Crippen LogP contribution in [0, 0.1) is 0 Å². The Balaban J connectivity index is 2.88. The molecule has 0 atom stereocenters. The first kappa shape index (κ1) is 15.8. The van der Waals surface area contributed by atoms with Crippen molar-refractivity contribution in [2.75, 3.05) is 6.54 Å². The molecule has 6 heteroatoms. The predicted octanol–water partition coefficient (Wildman–Crippen LogP) is 1.81. The summed E-state index contributed by atoms with van der Waals surface area (Å²) < 4.78 is 0. The third-order valence-corrected chi connectivity index (χ3v) is 2.92. The summed E-state index contributed by atoms with van der Waals surface area (Å²) in [5.74, 6) is -2.16. The number of hydrogen-bond acceptors (Lipinski definition) is 4. The topological polar surface area (TPSA) is 98.1 Å². The largest absolute Gasteiger partial charge is 0.504 e. The molecule has 0 aliphatic heterocycles. The summed E-state index contributed by atoms with van der Waals surface area (Å²) in [5.41, 5.74) is 0.00836. The van der Waals surface area contributed by atoms with E-state index in [2.05, 4.69) is 0 Å². The van der Waals surface area contributed by atoms with Crippen LogP contribution >= 0.6 is 0 Å². The Hall–Kier alpha value is -2.24. The molecule has 0 heterocycles. The number of amides is 1. The summed E-state index contributed by atoms with van der Waals surface area (Å²) in [6.07, 6.45) is 0.307. The number of carboxylic acids is 1. The van der Waals surface area contributed by atoms with Crippen LogP contribution in [0.1, 0.15) is 37.0 Å². The molecule has 110 valence electrons. The Kier molecular flexibility index (Phi) is 5.37. The third kappa shape index (κ3) is 3.88. The van der Waals surface area contributed by atoms with Crippen LogP contribution in [0.5, 0.6) is 11.5 Å². The highest BCUT2D eigenvalue weighted by molar-refractivity contribution is 5.97. The van der Waals surface area contributed by atoms with Gasteiger partial charge in [0.25, 0.3) is 5.91 Å². The van der Waals surface area contributed by atoms with Gasteiger partial charge < -0.3 is 20.2 Å². The van der Waals surface area contributed by atoms with Gasteiger partial charge in [-0.15, -0.1) is 0 Å². The molecule has 0 radical (unpaired) electrons. The molecule has 0 spiro atoms. The van der Waals surface area contributed by atoms with Crippen molar-refractivity contribution in [3.05, 3.63) is 23.8 Å². The SMILES string of the molecule is CC(C)N(CCCC(=O)O)C(=O)c1cccc(O)c1O. The monoisotopic (exact) mass is 281 g/mol. The lowest BCUT2D eigenvalue weighted by Crippen LogP contribution is -2.38. The van der Waals surface area contributed by atoms with Crippen molar-refractivity contribution < 1.29 is 24.9 Å². The Morgan fingerprint density at radius 2 is 1.90 bits per heavy atom. The van der Waals surface area contributed by atoms with E-state index < -0.39 is 17.6 Å². The average molecular weight is 281 g/mol. The molecule has 0 saturated carbocycles. The van der Waals surface area contributed by atoms with Gasteiger partial charge in [0.2, 0.25) is 0 Å². The molecule has 1 aromatic rings. The summed E-state index contributed by atoms with van der Waals surface area (Å²) in [6, 6.07) is 4.04. The van der Waals surface area contributed by atoms with Crippen LogP contribution in [0.4, 0.5) is 0 Å². The van der Waals surface area contributed by atoms with Gasteiger partial charge in [0.1, 0.15) is 0 Å². The van der Waals surface area contributed by atoms with Crippen molar-refractivity contribution in [1.82, 2.24) is 4.90 Å². The maximum absolute atomic E-state index is 12.3. The van der Waals surface area contributed by atoms with E-state index in [4.69, 9.17) is 5.11 Å². The molecule has 6 nitrogen and oxygen atoms in total. The van der Waals surface area contributed by atoms with Crippen molar-refractivity contribution >= 4 is 11.9 Å². The molecule has 0 fully saturated rings. The van der Waals surface area contributed by atoms with Gasteiger partial charge in [-0.3, -0.25) is 9.59 Å². The standard InChI is InChI=1S/C14H19NO5/c1-9(2)15(8-4-7-12(17)18)14(20)10-5-3-6-11(16)13(10)19/h3,5-6,9,16,19H,4,7-8H2,1-2H3,(H,17,18). The van der Waals surface area contributed by atoms with Gasteiger partial charge in [-0.25, -0.2) is 0 Å². The Labute approximate surface area is 117 Å². The third-order valence-electron chi connectivity index (χ3n) is 2.92. The van der Waals surface area contributed by atoms with Gasteiger partial charge in [-0.05, 0) is 32.4 Å². The first-order valence-corrected chi connectivity index (χ1v) is 6.38. The molecule has 0 saturated heterocycles. The lowest BCUT2D eigenvalue weighted by atomic mass is 10.1. The highest BCUT2D eigenvalue weighted by Crippen LogP contribution is 2.29. The minimum Gasteiger partial charge on any atom is -0.504 e. The number of phenols is 2. The maximum Gasteiger partial charge on any atom is 0.303 e. The number of carboxylic acid groups (broad SMARTS) is 1. The summed E-state index contributed by atoms with van der Waals surface area (Å²) in [4.78, 5) is 24.3. The van der Waals surface area contributed by atoms with Gasteiger partial charge in [0, 0.05) is 19.0 Å². The molecule has 0 bridgehead atoms. The highest BCUT2D eigenvalue weighted by atomic mass is 16.4. The van der Waals surface area contributed by atoms with Gasteiger partial charge in [0.15, 0.2) is 11.5 Å². The number of aliphatic carboxylic acids is 1. The lowest BCUT2D eigenvalue weighted by Gasteiger charge is -2.27. The first-order chi connectivity index (χ1) is 9.34. The number of aromatic hydroxyl groups is 2. The van der Waals surface area contributed by atoms with E-state index in [-0.39, 0.29) is 30.3 Å². The van der Waals surface area contributed by atoms with Crippen LogP contribution in [0.3, 0.4) is 0 Å². The fourth-order valence-electron chi connectivity index (χ4n) is 1.85. The fourth-order valence-corrected chi connectivity index (χ4v) is 1.85. The zero-order chi connectivity index (χ0) is 15.3. The first-order valence-electron chi connectivity index (χ1n) is 6.38. The van der Waals surface area contributed by atoms with Gasteiger partial charge in [-0.1, -0.05) is 6.07 Å². The second-order valence-corrected chi connectivity index (χ2v) is 4.76. The molecule has 20 heavy (non-hydrogen) atoms. The van der Waals surface area contributed by atoms with Crippen LogP contribution in [-0.2, 0) is 4.79 Å². The summed E-state index contributed by atoms with van der Waals surface area (Å²) in [7, 11) is 0. The zero-order valence-electron chi connectivity index (χ0n) is 11.5. The Bertz CT molecular complexity index is 498. The molecule has 3 N–H and O–H groups in total. The van der Waals surface area contributed by atoms with E-state index in [0.717, 1.165) is 0 Å². The number of benzene rings is 1. The van der Waals surface area contributed by atoms with Crippen molar-refractivity contribution in [3.8, 4) is 11.5 Å². The number of phenolic OH excluding ortho intramolecular Hbond substituents is 2. The highest BCUT2D eigenvalue weighted by Gasteiger charge is 2.22. The number of para-hydroxylation sites is 1. The molecular weight excluding hydrogens is 262 g/mol. The number of carbonyl (C=O) groups excluding carboxylic acids is 1. The van der Waals surface area contributed by atoms with Crippen LogP contribution in [0.15, 0.2) is 18.2 Å². The molecular formula is C14H19NO5. The quantitative estimate of drug-likeness (QED) is 0.691. The van der Waals surface area contributed by atoms with Crippen molar-refractivity contribution in [2.24, 2.45) is 0 Å². The number of rotatable bonds is 6. The number of hydrogen-bond donors (Lipinski definition) is 3. The Morgan fingerprint density at radius 3 is 2.45 bits per heavy atom. The van der Waals surface area contributed by atoms with Crippen LogP contribution in [0.2, 0.25) is 0 Å². The van der Waals surface area contributed by atoms with E-state index in [1.165, 1.54) is 23.1 Å². The molecule has 0 aromatic heterocycles. The van der Waals surface area contributed by atoms with Gasteiger partial charge >= 0.3 is 5.97 Å². The molecule has 1 amide bonds. The predicted molar refractivity (Wildman–Crippen MR) is 72.8 cm³/mol. The minimum absolute atomic E-state index is 0.00836. The smallest absolute Gasteiger partial charge is 0.303 e. The van der Waals surface area contributed by atoms with Crippen molar-refractivity contribution in [1.29, 1.82) is 0 Å². The van der Waals surface area contributed by atoms with E-state index >= 15 is 0 Å². The van der Waals surface area contributed by atoms with Gasteiger partial charge in [-0.2, -0.15) is 0 Å². The van der Waals surface area contributed by atoms with E-state index in [0.29, 0.717) is 6.42 Å². The lowest BCUT2D eigenvalue weighted by molar-refractivity contribution is -0.137. The van der Waals surface area contributed by atoms with Crippen molar-refractivity contribution in [3.63, 3.8) is 0 Å². The van der Waals surface area contributed by atoms with Crippen LogP contribution < -0.4 is 0 Å². The molecule has 1 aromatic carbocycles. The number of carbonyl (C=O) groups is 2. The molecule has 0 unspecified atom stereocenters. The van der Waals surface area contributed by atoms with E-state index in [1.54, 1.807) is 13.8 Å². The van der Waals surface area contributed by atoms with E-state index in [9.17, 15) is 19.8 Å². The maximum atomic E-state index is 12.3. The second kappa shape index (κ2) is 6.79. The number of nitrogens with zero attached hydrogens (tertiary/aromatic N) is 1. The molecule has 0 aliphatic carbocycles. The summed E-state index contributed by atoms with van der Waals surface area (Å²) in [6.45, 7) is 3.88. The summed E-state index contributed by atoms with van der Waals surface area (Å²) in [5, 5.41) is 27.8. The second-order valence-electron chi connectivity index (χ2n) is 4.76. The minimum atomic E-state index is -0.915. The van der Waals surface area contributed by atoms with Crippen LogP contribution in [0.25, 0.3) is 0 Å². The van der Waals surface area contributed by atoms with Gasteiger partial charge in [0.05, 0.1) is 5.56 Å². The zero-order valence-corrected chi connectivity index (χ0v) is 11.5. The van der Waals surface area contributed by atoms with Crippen LogP contribution in [-0.4, -0.2) is 44.7 Å². The molecule has 0 aliphatic rings. The van der Waals surface area contributed by atoms with Crippen molar-refractivity contribution in [2.45, 2.75) is 32.7 Å². The van der Waals surface area contributed by atoms with E-state index in [1.807, 2.05) is 0 Å². The molecule has 1 rings (SSSR count). The average Bonchev–Trinajstić information content (AvgIpc) is 2.36. The normalized spacial score (nSPS) is 10.6. The Morgan fingerprint density at radius 1 is 1.25 bits per heavy atom. The summed E-state index contributed by atoms with van der Waals surface area (Å²) >= 11 is 0.